The molecule has 2 aromatic carbocycles. The minimum atomic E-state index is -0.880. The summed E-state index contributed by atoms with van der Waals surface area (Å²) in [6.45, 7) is 6.80. The van der Waals surface area contributed by atoms with Gasteiger partial charge in [0.25, 0.3) is 0 Å². The zero-order valence-corrected chi connectivity index (χ0v) is 26.9. The van der Waals surface area contributed by atoms with Crippen LogP contribution in [0.4, 0.5) is 14.6 Å². The Morgan fingerprint density at radius 2 is 1.89 bits per heavy atom. The van der Waals surface area contributed by atoms with Gasteiger partial charge in [0.1, 0.15) is 29.6 Å². The lowest BCUT2D eigenvalue weighted by atomic mass is 9.94. The predicted octanol–water partition coefficient (Wildman–Crippen LogP) is 5.36. The molecule has 10 nitrogen and oxygen atoms in total. The Morgan fingerprint density at radius 3 is 2.70 bits per heavy atom. The van der Waals surface area contributed by atoms with Crippen LogP contribution in [0.5, 0.6) is 6.01 Å². The van der Waals surface area contributed by atoms with Gasteiger partial charge < -0.3 is 15.0 Å². The van der Waals surface area contributed by atoms with Gasteiger partial charge in [-0.05, 0) is 57.7 Å². The van der Waals surface area contributed by atoms with Crippen LogP contribution in [0.3, 0.4) is 0 Å². The van der Waals surface area contributed by atoms with Crippen LogP contribution in [-0.2, 0) is 7.05 Å². The lowest BCUT2D eigenvalue weighted by Crippen LogP contribution is -2.51. The molecule has 4 fully saturated rings. The van der Waals surface area contributed by atoms with Crippen LogP contribution in [0.15, 0.2) is 12.3 Å². The van der Waals surface area contributed by atoms with E-state index >= 15 is 4.39 Å². The number of hydrogen-bond acceptors (Lipinski definition) is 8. The van der Waals surface area contributed by atoms with Crippen LogP contribution in [0.1, 0.15) is 43.4 Å². The Morgan fingerprint density at radius 1 is 1.09 bits per heavy atom. The number of rotatable bonds is 5. The molecular weight excluding hydrogens is 612 g/mol. The highest BCUT2D eigenvalue weighted by molar-refractivity contribution is 6.37. The van der Waals surface area contributed by atoms with E-state index in [-0.39, 0.29) is 29.2 Å². The molecule has 7 heterocycles. The molecule has 0 spiro atoms. The maximum Gasteiger partial charge on any atom is 0.319 e. The summed E-state index contributed by atoms with van der Waals surface area (Å²) in [5, 5.41) is 18.5. The maximum atomic E-state index is 17.5. The Balaban J connectivity index is 1.29. The molecule has 9 rings (SSSR count). The summed E-state index contributed by atoms with van der Waals surface area (Å²) in [6.07, 6.45) is 5.48. The lowest BCUT2D eigenvalue weighted by molar-refractivity contribution is 0.107. The molecule has 0 aliphatic carbocycles. The first-order chi connectivity index (χ1) is 22.2. The third-order valence-corrected chi connectivity index (χ3v) is 11.3. The molecule has 0 unspecified atom stereocenters. The normalized spacial score (nSPS) is 26.3. The summed E-state index contributed by atoms with van der Waals surface area (Å²) >= 11 is 7.02. The number of aryl methyl sites for hydroxylation is 3. The standard InChI is InChI=1S/C33H36ClF2N9O/c1-16-9-22-23(17(2)40-41-22)25(27(16)34)26-28(36)30-24(21-14-43(3)42-29(21)26)31(44-12-19-5-6-20(13-44)37-19)39-32(38-30)46-15-33-7-4-8-45(33)11-18(35)10-33/h9,14,18-20,37H,4-8,10-13,15H2,1-3H3,(H,40,41)/t18-,19-,20+,33+/m1/s1. The third-order valence-electron chi connectivity index (χ3n) is 10.8. The van der Waals surface area contributed by atoms with E-state index in [4.69, 9.17) is 31.4 Å². The number of hydrogen-bond donors (Lipinski definition) is 2. The van der Waals surface area contributed by atoms with Crippen LogP contribution in [0.2, 0.25) is 5.02 Å². The molecule has 4 saturated heterocycles. The van der Waals surface area contributed by atoms with Gasteiger partial charge in [0.2, 0.25) is 0 Å². The second-order valence-electron chi connectivity index (χ2n) is 13.8. The number of nitrogens with zero attached hydrogens (tertiary/aromatic N) is 7. The van der Waals surface area contributed by atoms with Crippen LogP contribution in [-0.4, -0.2) is 91.4 Å². The number of alkyl halides is 1. The molecule has 4 aliphatic rings. The van der Waals surface area contributed by atoms with Gasteiger partial charge in [-0.3, -0.25) is 14.7 Å². The van der Waals surface area contributed by atoms with Crippen molar-refractivity contribution < 1.29 is 13.5 Å². The highest BCUT2D eigenvalue weighted by Crippen LogP contribution is 2.47. The summed E-state index contributed by atoms with van der Waals surface area (Å²) in [5.41, 5.74) is 3.34. The summed E-state index contributed by atoms with van der Waals surface area (Å²) in [6, 6.07) is 2.69. The summed E-state index contributed by atoms with van der Waals surface area (Å²) in [4.78, 5) is 14.2. The molecule has 46 heavy (non-hydrogen) atoms. The van der Waals surface area contributed by atoms with Crippen molar-refractivity contribution in [1.29, 1.82) is 0 Å². The van der Waals surface area contributed by atoms with Crippen LogP contribution >= 0.6 is 11.6 Å². The molecule has 2 bridgehead atoms. The summed E-state index contributed by atoms with van der Waals surface area (Å²) in [5.74, 6) is 0.102. The van der Waals surface area contributed by atoms with Gasteiger partial charge in [-0.2, -0.15) is 20.2 Å². The number of aromatic nitrogens is 6. The van der Waals surface area contributed by atoms with E-state index in [1.165, 1.54) is 0 Å². The fraction of sp³-hybridized carbons (Fsp3) is 0.515. The number of anilines is 1. The number of aromatic amines is 1. The van der Waals surface area contributed by atoms with Crippen LogP contribution in [0, 0.1) is 19.7 Å². The Kier molecular flexibility index (Phi) is 6.34. The maximum absolute atomic E-state index is 17.5. The van der Waals surface area contributed by atoms with Gasteiger partial charge in [-0.15, -0.1) is 0 Å². The van der Waals surface area contributed by atoms with Crippen molar-refractivity contribution in [2.24, 2.45) is 7.05 Å². The van der Waals surface area contributed by atoms with Gasteiger partial charge in [-0.1, -0.05) is 11.6 Å². The number of halogens is 3. The molecular formula is C33H36ClF2N9O. The Hall–Kier alpha value is -3.61. The zero-order valence-electron chi connectivity index (χ0n) is 26.1. The molecule has 13 heteroatoms. The Labute approximate surface area is 269 Å². The molecule has 4 atom stereocenters. The monoisotopic (exact) mass is 647 g/mol. The first kappa shape index (κ1) is 28.6. The second-order valence-corrected chi connectivity index (χ2v) is 14.2. The van der Waals surface area contributed by atoms with Gasteiger partial charge in [-0.25, -0.2) is 8.78 Å². The van der Waals surface area contributed by atoms with Gasteiger partial charge in [0.05, 0.1) is 32.7 Å². The summed E-state index contributed by atoms with van der Waals surface area (Å²) in [7, 11) is 1.83. The average molecular weight is 648 g/mol. The lowest BCUT2D eigenvalue weighted by Gasteiger charge is -2.35. The third kappa shape index (κ3) is 4.18. The van der Waals surface area contributed by atoms with E-state index in [2.05, 4.69) is 25.3 Å². The van der Waals surface area contributed by atoms with Gasteiger partial charge >= 0.3 is 6.01 Å². The molecule has 3 aromatic heterocycles. The highest BCUT2D eigenvalue weighted by Gasteiger charge is 2.49. The molecule has 240 valence electrons. The van der Waals surface area contributed by atoms with E-state index in [9.17, 15) is 4.39 Å². The smallest absolute Gasteiger partial charge is 0.319 e. The van der Waals surface area contributed by atoms with Crippen molar-refractivity contribution in [3.8, 4) is 17.1 Å². The molecule has 4 aliphatic heterocycles. The van der Waals surface area contributed by atoms with Gasteiger partial charge in [0.15, 0.2) is 5.82 Å². The first-order valence-corrected chi connectivity index (χ1v) is 16.6. The average Bonchev–Trinajstić information content (AvgIpc) is 3.83. The minimum absolute atomic E-state index is 0.102. The first-order valence-electron chi connectivity index (χ1n) is 16.2. The number of benzene rings is 2. The number of ether oxygens (including phenoxy) is 1. The predicted molar refractivity (Wildman–Crippen MR) is 174 cm³/mol. The van der Waals surface area contributed by atoms with Gasteiger partial charge in [0, 0.05) is 67.7 Å². The van der Waals surface area contributed by atoms with Crippen molar-refractivity contribution in [1.82, 2.24) is 40.2 Å². The van der Waals surface area contributed by atoms with Crippen molar-refractivity contribution in [2.75, 3.05) is 37.7 Å². The highest BCUT2D eigenvalue weighted by atomic mass is 35.5. The fourth-order valence-electron chi connectivity index (χ4n) is 8.75. The van der Waals surface area contributed by atoms with E-state index in [0.29, 0.717) is 58.1 Å². The quantitative estimate of drug-likeness (QED) is 0.263. The second kappa shape index (κ2) is 10.2. The molecule has 2 N–H and O–H groups in total. The fourth-order valence-corrected chi connectivity index (χ4v) is 8.99. The van der Waals surface area contributed by atoms with Crippen molar-refractivity contribution in [3.63, 3.8) is 0 Å². The van der Waals surface area contributed by atoms with Crippen LogP contribution in [0.25, 0.3) is 43.8 Å². The number of fused-ring (bicyclic) bond motifs is 7. The minimum Gasteiger partial charge on any atom is -0.461 e. The SMILES string of the molecule is Cc1cc2[nH]nc(C)c2c(-c2c(F)c3nc(OC[C@@]45CCCN4C[C@H](F)C5)nc(N4C[C@H]5CC[C@@H](C4)N5)c3c3cn(C)nc23)c1Cl. The van der Waals surface area contributed by atoms with Crippen LogP contribution < -0.4 is 15.0 Å². The molecule has 5 aromatic rings. The van der Waals surface area contributed by atoms with E-state index in [0.717, 1.165) is 67.2 Å². The van der Waals surface area contributed by atoms with E-state index in [1.807, 2.05) is 33.2 Å². The largest absolute Gasteiger partial charge is 0.461 e. The van der Waals surface area contributed by atoms with E-state index < -0.39 is 12.0 Å². The van der Waals surface area contributed by atoms with E-state index in [1.54, 1.807) is 4.68 Å². The van der Waals surface area contributed by atoms with Crippen molar-refractivity contribution >= 4 is 50.1 Å². The Bertz CT molecular complexity index is 2050. The molecule has 0 radical (unpaired) electrons. The molecule has 0 amide bonds. The van der Waals surface area contributed by atoms with Crippen molar-refractivity contribution in [2.45, 2.75) is 69.7 Å². The molecule has 0 saturated carbocycles. The summed E-state index contributed by atoms with van der Waals surface area (Å²) < 4.78 is 40.2. The van der Waals surface area contributed by atoms with Crippen molar-refractivity contribution in [3.05, 3.63) is 34.4 Å². The number of piperazine rings is 1. The topological polar surface area (TPSA) is 100 Å². The number of nitrogens with one attached hydrogen (secondary N) is 2. The number of H-pyrrole nitrogens is 1. The zero-order chi connectivity index (χ0) is 31.5.